The smallest absolute Gasteiger partial charge is 0.222 e. The Kier molecular flexibility index (Phi) is 6.53. The number of nitrogens with one attached hydrogen (secondary N) is 2. The molecule has 0 spiro atoms. The molecule has 0 atom stereocenters. The van der Waals surface area contributed by atoms with Crippen LogP contribution < -0.4 is 5.32 Å². The van der Waals surface area contributed by atoms with Gasteiger partial charge in [-0.05, 0) is 48.6 Å². The van der Waals surface area contributed by atoms with E-state index < -0.39 is 6.29 Å². The summed E-state index contributed by atoms with van der Waals surface area (Å²) in [6.07, 6.45) is 1.08. The van der Waals surface area contributed by atoms with Crippen molar-refractivity contribution in [3.63, 3.8) is 0 Å². The first-order chi connectivity index (χ1) is 13.9. The normalized spacial score (nSPS) is 11.1. The molecule has 1 amide bonds. The van der Waals surface area contributed by atoms with Crippen molar-refractivity contribution in [1.82, 2.24) is 14.5 Å². The number of rotatable bonds is 7. The number of aromatic nitrogens is 3. The number of aromatic amines is 1. The molecule has 0 aliphatic rings. The van der Waals surface area contributed by atoms with Gasteiger partial charge in [0.1, 0.15) is 11.6 Å². The lowest BCUT2D eigenvalue weighted by atomic mass is 10.1. The van der Waals surface area contributed by atoms with Crippen LogP contribution in [-0.2, 0) is 20.8 Å². The monoisotopic (exact) mass is 416 g/mol. The van der Waals surface area contributed by atoms with Gasteiger partial charge in [-0.25, -0.2) is 9.37 Å². The van der Waals surface area contributed by atoms with Crippen LogP contribution in [0.1, 0.15) is 6.92 Å². The number of H-pyrrole nitrogens is 1. The Hall–Kier alpha value is -2.88. The molecule has 0 bridgehead atoms. The highest BCUT2D eigenvalue weighted by molar-refractivity contribution is 7.71. The van der Waals surface area contributed by atoms with Gasteiger partial charge in [-0.3, -0.25) is 4.79 Å². The molecule has 0 unspecified atom stereocenters. The second kappa shape index (κ2) is 9.08. The lowest BCUT2D eigenvalue weighted by molar-refractivity contribution is -0.114. The third-order valence-electron chi connectivity index (χ3n) is 4.31. The zero-order valence-corrected chi connectivity index (χ0v) is 17.0. The van der Waals surface area contributed by atoms with Crippen molar-refractivity contribution in [3.05, 3.63) is 53.2 Å². The molecule has 3 aromatic rings. The Morgan fingerprint density at radius 2 is 1.93 bits per heavy atom. The zero-order chi connectivity index (χ0) is 21.0. The summed E-state index contributed by atoms with van der Waals surface area (Å²) in [4.78, 5) is 18.8. The average Bonchev–Trinajstić information content (AvgIpc) is 3.02. The molecule has 0 radical (unpaired) electrons. The van der Waals surface area contributed by atoms with E-state index in [1.165, 1.54) is 19.1 Å². The quantitative estimate of drug-likeness (QED) is 0.450. The molecule has 3 rings (SSSR count). The van der Waals surface area contributed by atoms with E-state index in [0.717, 1.165) is 16.8 Å². The van der Waals surface area contributed by atoms with Gasteiger partial charge in [0.25, 0.3) is 0 Å². The van der Waals surface area contributed by atoms with Crippen LogP contribution in [0.15, 0.2) is 42.6 Å². The number of nitrogens with zero attached hydrogens (tertiary/aromatic N) is 2. The fourth-order valence-electron chi connectivity index (χ4n) is 2.99. The van der Waals surface area contributed by atoms with Crippen LogP contribution in [0.2, 0.25) is 0 Å². The molecule has 1 aromatic carbocycles. The minimum Gasteiger partial charge on any atom is -0.354 e. The minimum absolute atomic E-state index is 0.224. The Morgan fingerprint density at radius 3 is 2.55 bits per heavy atom. The fraction of sp³-hybridized carbons (Fsp3) is 0.250. The van der Waals surface area contributed by atoms with E-state index in [-0.39, 0.29) is 11.7 Å². The van der Waals surface area contributed by atoms with E-state index in [1.54, 1.807) is 44.7 Å². The SMILES string of the molecule is COC(Cn1c(-c2ccnc(NC(C)=O)c2)c(-c2ccc(F)cc2)[nH]c1=S)OC. The largest absolute Gasteiger partial charge is 0.354 e. The second-order valence-corrected chi connectivity index (χ2v) is 6.67. The summed E-state index contributed by atoms with van der Waals surface area (Å²) < 4.78 is 26.4. The number of benzene rings is 1. The van der Waals surface area contributed by atoms with Crippen molar-refractivity contribution in [1.29, 1.82) is 0 Å². The zero-order valence-electron chi connectivity index (χ0n) is 16.2. The van der Waals surface area contributed by atoms with Gasteiger partial charge in [0, 0.05) is 38.5 Å². The maximum atomic E-state index is 13.4. The van der Waals surface area contributed by atoms with Gasteiger partial charge in [0.15, 0.2) is 11.1 Å². The molecular formula is C20H21FN4O3S. The summed E-state index contributed by atoms with van der Waals surface area (Å²) in [6, 6.07) is 9.66. The lowest BCUT2D eigenvalue weighted by Gasteiger charge is -2.17. The first-order valence-electron chi connectivity index (χ1n) is 8.81. The van der Waals surface area contributed by atoms with Gasteiger partial charge >= 0.3 is 0 Å². The van der Waals surface area contributed by atoms with Gasteiger partial charge in [0.2, 0.25) is 5.91 Å². The molecule has 2 heterocycles. The fourth-order valence-corrected chi connectivity index (χ4v) is 3.26. The van der Waals surface area contributed by atoms with E-state index in [0.29, 0.717) is 22.8 Å². The van der Waals surface area contributed by atoms with Crippen molar-refractivity contribution in [3.8, 4) is 22.5 Å². The maximum absolute atomic E-state index is 13.4. The molecule has 7 nitrogen and oxygen atoms in total. The highest BCUT2D eigenvalue weighted by atomic mass is 32.1. The molecule has 2 aromatic heterocycles. The van der Waals surface area contributed by atoms with Crippen molar-refractivity contribution >= 4 is 23.9 Å². The number of ether oxygens (including phenoxy) is 2. The summed E-state index contributed by atoms with van der Waals surface area (Å²) in [7, 11) is 3.10. The number of amides is 1. The summed E-state index contributed by atoms with van der Waals surface area (Å²) in [5, 5.41) is 2.68. The second-order valence-electron chi connectivity index (χ2n) is 6.28. The Balaban J connectivity index is 2.19. The van der Waals surface area contributed by atoms with Gasteiger partial charge in [0.05, 0.1) is 17.9 Å². The molecule has 0 aliphatic carbocycles. The lowest BCUT2D eigenvalue weighted by Crippen LogP contribution is -2.21. The maximum Gasteiger partial charge on any atom is 0.222 e. The number of anilines is 1. The molecule has 152 valence electrons. The van der Waals surface area contributed by atoms with Crippen LogP contribution in [0.4, 0.5) is 10.2 Å². The van der Waals surface area contributed by atoms with Crippen molar-refractivity contribution in [2.24, 2.45) is 0 Å². The van der Waals surface area contributed by atoms with E-state index in [4.69, 9.17) is 21.7 Å². The number of halogens is 1. The molecule has 9 heteroatoms. The minimum atomic E-state index is -0.519. The number of carbonyl (C=O) groups excluding carboxylic acids is 1. The molecule has 2 N–H and O–H groups in total. The van der Waals surface area contributed by atoms with Crippen LogP contribution in [0, 0.1) is 10.6 Å². The molecule has 0 fully saturated rings. The van der Waals surface area contributed by atoms with Gasteiger partial charge in [-0.15, -0.1) is 0 Å². The molecule has 0 saturated carbocycles. The number of imidazole rings is 1. The average molecular weight is 416 g/mol. The Morgan fingerprint density at radius 1 is 1.24 bits per heavy atom. The molecule has 0 aliphatic heterocycles. The summed E-state index contributed by atoms with van der Waals surface area (Å²) in [5.74, 6) is -0.143. The van der Waals surface area contributed by atoms with Gasteiger partial charge in [-0.1, -0.05) is 0 Å². The molecule has 0 saturated heterocycles. The van der Waals surface area contributed by atoms with E-state index in [2.05, 4.69) is 15.3 Å². The predicted octanol–water partition coefficient (Wildman–Crippen LogP) is 3.99. The third kappa shape index (κ3) is 4.76. The number of hydrogen-bond donors (Lipinski definition) is 2. The van der Waals surface area contributed by atoms with E-state index in [1.807, 2.05) is 4.57 Å². The third-order valence-corrected chi connectivity index (χ3v) is 4.63. The Labute approximate surface area is 172 Å². The van der Waals surface area contributed by atoms with Crippen LogP contribution in [0.3, 0.4) is 0 Å². The molecule has 29 heavy (non-hydrogen) atoms. The van der Waals surface area contributed by atoms with E-state index >= 15 is 0 Å². The van der Waals surface area contributed by atoms with Crippen LogP contribution in [0.25, 0.3) is 22.5 Å². The van der Waals surface area contributed by atoms with Crippen molar-refractivity contribution in [2.45, 2.75) is 19.8 Å². The summed E-state index contributed by atoms with van der Waals surface area (Å²) >= 11 is 5.54. The van der Waals surface area contributed by atoms with Gasteiger partial charge in [-0.2, -0.15) is 0 Å². The topological polar surface area (TPSA) is 81.2 Å². The highest BCUT2D eigenvalue weighted by Gasteiger charge is 2.19. The predicted molar refractivity (Wildman–Crippen MR) is 110 cm³/mol. The van der Waals surface area contributed by atoms with E-state index in [9.17, 15) is 9.18 Å². The van der Waals surface area contributed by atoms with Crippen molar-refractivity contribution < 1.29 is 18.7 Å². The van der Waals surface area contributed by atoms with Crippen LogP contribution in [-0.4, -0.2) is 41.0 Å². The number of methoxy groups -OCH3 is 2. The van der Waals surface area contributed by atoms with Crippen LogP contribution in [0.5, 0.6) is 0 Å². The standard InChI is InChI=1S/C20H21FN4O3S/c1-12(26)23-16-10-14(8-9-22-16)19-18(13-4-6-15(21)7-5-13)24-20(29)25(19)11-17(27-2)28-3/h4-10,17H,11H2,1-3H3,(H,24,29)(H,22,23,26). The Bertz CT molecular complexity index is 1060. The first kappa shape index (κ1) is 20.8. The van der Waals surface area contributed by atoms with Crippen molar-refractivity contribution in [2.75, 3.05) is 19.5 Å². The molecular weight excluding hydrogens is 395 g/mol. The number of carbonyl (C=O) groups is 1. The van der Waals surface area contributed by atoms with Gasteiger partial charge < -0.3 is 24.3 Å². The highest BCUT2D eigenvalue weighted by Crippen LogP contribution is 2.33. The summed E-state index contributed by atoms with van der Waals surface area (Å²) in [6.45, 7) is 1.74. The number of hydrogen-bond acceptors (Lipinski definition) is 5. The van der Waals surface area contributed by atoms with Crippen LogP contribution >= 0.6 is 12.2 Å². The first-order valence-corrected chi connectivity index (χ1v) is 9.22. The summed E-state index contributed by atoms with van der Waals surface area (Å²) in [5.41, 5.74) is 2.98. The number of pyridine rings is 1.